The fourth-order valence-electron chi connectivity index (χ4n) is 3.27. The van der Waals surface area contributed by atoms with Gasteiger partial charge in [0, 0.05) is 18.5 Å². The van der Waals surface area contributed by atoms with E-state index < -0.39 is 0 Å². The standard InChI is InChI=1S/C13H22N2O/c14-4-1-5-15(12-2-3-12)13(16)11-7-9-6-10(9)8-11/h9-12H,1-8,14H2. The molecule has 3 heteroatoms. The van der Waals surface area contributed by atoms with E-state index in [2.05, 4.69) is 4.90 Å². The van der Waals surface area contributed by atoms with Crippen molar-refractivity contribution in [3.63, 3.8) is 0 Å². The summed E-state index contributed by atoms with van der Waals surface area (Å²) in [5.41, 5.74) is 5.54. The van der Waals surface area contributed by atoms with Gasteiger partial charge in [-0.1, -0.05) is 0 Å². The van der Waals surface area contributed by atoms with E-state index in [9.17, 15) is 4.79 Å². The van der Waals surface area contributed by atoms with Crippen molar-refractivity contribution in [1.29, 1.82) is 0 Å². The highest BCUT2D eigenvalue weighted by Gasteiger charge is 2.49. The van der Waals surface area contributed by atoms with Gasteiger partial charge in [0.15, 0.2) is 0 Å². The summed E-state index contributed by atoms with van der Waals surface area (Å²) in [4.78, 5) is 14.5. The quantitative estimate of drug-likeness (QED) is 0.763. The number of amides is 1. The molecule has 0 aliphatic heterocycles. The average molecular weight is 222 g/mol. The van der Waals surface area contributed by atoms with Crippen molar-refractivity contribution in [2.45, 2.75) is 44.6 Å². The van der Waals surface area contributed by atoms with Crippen LogP contribution < -0.4 is 5.73 Å². The number of hydrogen-bond donors (Lipinski definition) is 1. The zero-order valence-electron chi connectivity index (χ0n) is 9.90. The van der Waals surface area contributed by atoms with Crippen molar-refractivity contribution in [3.8, 4) is 0 Å². The van der Waals surface area contributed by atoms with E-state index in [0.717, 1.165) is 24.8 Å². The van der Waals surface area contributed by atoms with Gasteiger partial charge in [-0.05, 0) is 56.9 Å². The van der Waals surface area contributed by atoms with Gasteiger partial charge in [-0.3, -0.25) is 4.79 Å². The van der Waals surface area contributed by atoms with Crippen LogP contribution in [-0.4, -0.2) is 29.9 Å². The van der Waals surface area contributed by atoms with E-state index in [1.807, 2.05) is 0 Å². The molecule has 3 aliphatic rings. The first-order chi connectivity index (χ1) is 7.79. The molecule has 2 unspecified atom stereocenters. The number of nitrogens with two attached hydrogens (primary N) is 1. The Morgan fingerprint density at radius 2 is 1.88 bits per heavy atom. The van der Waals surface area contributed by atoms with Crippen molar-refractivity contribution in [2.24, 2.45) is 23.5 Å². The SMILES string of the molecule is NCCCN(C(=O)C1CC2CC2C1)C1CC1. The van der Waals surface area contributed by atoms with Crippen molar-refractivity contribution >= 4 is 5.91 Å². The number of carbonyl (C=O) groups is 1. The number of nitrogens with zero attached hydrogens (tertiary/aromatic N) is 1. The Morgan fingerprint density at radius 3 is 2.44 bits per heavy atom. The van der Waals surface area contributed by atoms with E-state index in [4.69, 9.17) is 5.73 Å². The molecule has 1 amide bonds. The Balaban J connectivity index is 1.57. The van der Waals surface area contributed by atoms with E-state index in [1.165, 1.54) is 32.1 Å². The van der Waals surface area contributed by atoms with Crippen LogP contribution in [0.25, 0.3) is 0 Å². The number of hydrogen-bond acceptors (Lipinski definition) is 2. The first kappa shape index (κ1) is 10.6. The summed E-state index contributed by atoms with van der Waals surface area (Å²) < 4.78 is 0. The zero-order chi connectivity index (χ0) is 11.1. The Hall–Kier alpha value is -0.570. The van der Waals surface area contributed by atoms with Crippen LogP contribution in [0.1, 0.15) is 38.5 Å². The van der Waals surface area contributed by atoms with Crippen LogP contribution in [0.2, 0.25) is 0 Å². The van der Waals surface area contributed by atoms with Crippen LogP contribution in [0.4, 0.5) is 0 Å². The Bertz CT molecular complexity index is 278. The zero-order valence-corrected chi connectivity index (χ0v) is 9.90. The molecule has 0 heterocycles. The lowest BCUT2D eigenvalue weighted by molar-refractivity contribution is -0.136. The lowest BCUT2D eigenvalue weighted by atomic mass is 10.0. The highest BCUT2D eigenvalue weighted by Crippen LogP contribution is 2.54. The fourth-order valence-corrected chi connectivity index (χ4v) is 3.27. The molecule has 0 aromatic carbocycles. The van der Waals surface area contributed by atoms with E-state index >= 15 is 0 Å². The van der Waals surface area contributed by atoms with Crippen LogP contribution in [0.5, 0.6) is 0 Å². The first-order valence-corrected chi connectivity index (χ1v) is 6.80. The molecule has 0 aromatic rings. The second kappa shape index (κ2) is 4.02. The predicted molar refractivity (Wildman–Crippen MR) is 62.7 cm³/mol. The van der Waals surface area contributed by atoms with Crippen LogP contribution >= 0.6 is 0 Å². The molecule has 2 N–H and O–H groups in total. The molecule has 3 aliphatic carbocycles. The van der Waals surface area contributed by atoms with Crippen molar-refractivity contribution in [1.82, 2.24) is 4.90 Å². The minimum atomic E-state index is 0.363. The van der Waals surface area contributed by atoms with Gasteiger partial charge >= 0.3 is 0 Å². The van der Waals surface area contributed by atoms with Crippen LogP contribution in [0.3, 0.4) is 0 Å². The lowest BCUT2D eigenvalue weighted by Crippen LogP contribution is -2.38. The van der Waals surface area contributed by atoms with Crippen molar-refractivity contribution in [2.75, 3.05) is 13.1 Å². The third-order valence-corrected chi connectivity index (χ3v) is 4.47. The Kier molecular flexibility index (Phi) is 2.66. The summed E-state index contributed by atoms with van der Waals surface area (Å²) in [5, 5.41) is 0. The monoisotopic (exact) mass is 222 g/mol. The fraction of sp³-hybridized carbons (Fsp3) is 0.923. The third-order valence-electron chi connectivity index (χ3n) is 4.47. The maximum atomic E-state index is 12.4. The van der Waals surface area contributed by atoms with Gasteiger partial charge in [-0.2, -0.15) is 0 Å². The Morgan fingerprint density at radius 1 is 1.19 bits per heavy atom. The highest BCUT2D eigenvalue weighted by atomic mass is 16.2. The molecule has 90 valence electrons. The molecule has 0 spiro atoms. The highest BCUT2D eigenvalue weighted by molar-refractivity contribution is 5.80. The molecule has 0 radical (unpaired) electrons. The maximum Gasteiger partial charge on any atom is 0.225 e. The van der Waals surface area contributed by atoms with Crippen LogP contribution in [0, 0.1) is 17.8 Å². The van der Waals surface area contributed by atoms with Gasteiger partial charge in [-0.25, -0.2) is 0 Å². The molecule has 0 aromatic heterocycles. The van der Waals surface area contributed by atoms with Crippen molar-refractivity contribution < 1.29 is 4.79 Å². The molecule has 0 saturated heterocycles. The molecule has 3 fully saturated rings. The first-order valence-electron chi connectivity index (χ1n) is 6.80. The number of carbonyl (C=O) groups excluding carboxylic acids is 1. The van der Waals surface area contributed by atoms with E-state index in [1.54, 1.807) is 0 Å². The van der Waals surface area contributed by atoms with Crippen molar-refractivity contribution in [3.05, 3.63) is 0 Å². The molecule has 2 atom stereocenters. The molecule has 16 heavy (non-hydrogen) atoms. The molecule has 3 saturated carbocycles. The summed E-state index contributed by atoms with van der Waals surface area (Å²) in [6.07, 6.45) is 7.15. The maximum absolute atomic E-state index is 12.4. The van der Waals surface area contributed by atoms with Gasteiger partial charge in [0.25, 0.3) is 0 Å². The Labute approximate surface area is 97.4 Å². The average Bonchev–Trinajstić information content (AvgIpc) is 3.20. The molecular weight excluding hydrogens is 200 g/mol. The van der Waals surface area contributed by atoms with E-state index in [0.29, 0.717) is 24.4 Å². The van der Waals surface area contributed by atoms with Gasteiger partial charge < -0.3 is 10.6 Å². The number of fused-ring (bicyclic) bond motifs is 1. The smallest absolute Gasteiger partial charge is 0.225 e. The second-order valence-corrected chi connectivity index (χ2v) is 5.83. The summed E-state index contributed by atoms with van der Waals surface area (Å²) in [6, 6.07) is 0.566. The molecule has 0 bridgehead atoms. The molecule has 3 nitrogen and oxygen atoms in total. The van der Waals surface area contributed by atoms with Gasteiger partial charge in [0.05, 0.1) is 0 Å². The van der Waals surface area contributed by atoms with Gasteiger partial charge in [0.1, 0.15) is 0 Å². The van der Waals surface area contributed by atoms with Crippen LogP contribution in [0.15, 0.2) is 0 Å². The van der Waals surface area contributed by atoms with Gasteiger partial charge in [0.2, 0.25) is 5.91 Å². The van der Waals surface area contributed by atoms with Gasteiger partial charge in [-0.15, -0.1) is 0 Å². The minimum absolute atomic E-state index is 0.363. The third kappa shape index (κ3) is 1.97. The van der Waals surface area contributed by atoms with E-state index in [-0.39, 0.29) is 0 Å². The summed E-state index contributed by atoms with van der Waals surface area (Å²) in [7, 11) is 0. The lowest BCUT2D eigenvalue weighted by Gasteiger charge is -2.26. The number of rotatable bonds is 5. The topological polar surface area (TPSA) is 46.3 Å². The predicted octanol–water partition coefficient (Wildman–Crippen LogP) is 1.37. The molecule has 3 rings (SSSR count). The summed E-state index contributed by atoms with van der Waals surface area (Å²) in [6.45, 7) is 1.60. The molecular formula is C13H22N2O. The second-order valence-electron chi connectivity index (χ2n) is 5.83. The van der Waals surface area contributed by atoms with Crippen LogP contribution in [-0.2, 0) is 4.79 Å². The largest absolute Gasteiger partial charge is 0.339 e. The normalized spacial score (nSPS) is 35.9. The summed E-state index contributed by atoms with van der Waals surface area (Å²) in [5.74, 6) is 2.62. The summed E-state index contributed by atoms with van der Waals surface area (Å²) >= 11 is 0. The minimum Gasteiger partial charge on any atom is -0.339 e.